The maximum Gasteiger partial charge on any atom is 0.261 e. The Labute approximate surface area is 132 Å². The summed E-state index contributed by atoms with van der Waals surface area (Å²) >= 11 is 3.40. The summed E-state index contributed by atoms with van der Waals surface area (Å²) in [5.74, 6) is 0.483. The normalized spacial score (nSPS) is 13.3. The van der Waals surface area contributed by atoms with Gasteiger partial charge in [-0.15, -0.1) is 0 Å². The molecule has 2 aromatic rings. The van der Waals surface area contributed by atoms with E-state index in [4.69, 9.17) is 4.74 Å². The molecule has 5 heteroatoms. The fourth-order valence-electron chi connectivity index (χ4n) is 1.83. The molecule has 110 valence electrons. The fourth-order valence-corrected chi connectivity index (χ4v) is 2.21. The van der Waals surface area contributed by atoms with Gasteiger partial charge < -0.3 is 10.1 Å². The molecule has 0 aliphatic carbocycles. The number of aromatic nitrogens is 1. The Hall–Kier alpha value is -1.88. The van der Waals surface area contributed by atoms with Crippen LogP contribution in [-0.4, -0.2) is 17.0 Å². The van der Waals surface area contributed by atoms with Crippen LogP contribution in [0.15, 0.2) is 53.3 Å². The summed E-state index contributed by atoms with van der Waals surface area (Å²) in [5.41, 5.74) is 0.957. The monoisotopic (exact) mass is 348 g/mol. The van der Waals surface area contributed by atoms with Gasteiger partial charge >= 0.3 is 0 Å². The van der Waals surface area contributed by atoms with Crippen LogP contribution >= 0.6 is 15.9 Å². The van der Waals surface area contributed by atoms with E-state index in [1.165, 1.54) is 0 Å². The second kappa shape index (κ2) is 7.22. The predicted molar refractivity (Wildman–Crippen MR) is 85.0 cm³/mol. The standard InChI is InChI=1S/C16H17BrN2O2/c1-11(13-6-5-9-18-10-13)19-16(20)12(2)21-15-8-4-3-7-14(15)17/h3-12H,1-2H3,(H,19,20). The molecule has 1 aromatic heterocycles. The summed E-state index contributed by atoms with van der Waals surface area (Å²) in [7, 11) is 0. The van der Waals surface area contributed by atoms with Crippen molar-refractivity contribution in [3.8, 4) is 5.75 Å². The highest BCUT2D eigenvalue weighted by molar-refractivity contribution is 9.10. The van der Waals surface area contributed by atoms with Crippen LogP contribution in [0.4, 0.5) is 0 Å². The lowest BCUT2D eigenvalue weighted by molar-refractivity contribution is -0.127. The molecule has 0 saturated heterocycles. The van der Waals surface area contributed by atoms with Crippen LogP contribution in [0.3, 0.4) is 0 Å². The SMILES string of the molecule is CC(Oc1ccccc1Br)C(=O)NC(C)c1cccnc1. The van der Waals surface area contributed by atoms with Crippen LogP contribution in [0.1, 0.15) is 25.5 Å². The van der Waals surface area contributed by atoms with Crippen molar-refractivity contribution in [2.24, 2.45) is 0 Å². The molecule has 21 heavy (non-hydrogen) atoms. The molecule has 0 fully saturated rings. The van der Waals surface area contributed by atoms with E-state index in [2.05, 4.69) is 26.2 Å². The van der Waals surface area contributed by atoms with Crippen molar-refractivity contribution < 1.29 is 9.53 Å². The molecule has 2 unspecified atom stereocenters. The number of nitrogens with one attached hydrogen (secondary N) is 1. The first kappa shape index (κ1) is 15.5. The Morgan fingerprint density at radius 3 is 2.67 bits per heavy atom. The van der Waals surface area contributed by atoms with Gasteiger partial charge in [0.1, 0.15) is 5.75 Å². The largest absolute Gasteiger partial charge is 0.480 e. The van der Waals surface area contributed by atoms with Gasteiger partial charge in [0, 0.05) is 12.4 Å². The van der Waals surface area contributed by atoms with Crippen LogP contribution in [0.2, 0.25) is 0 Å². The highest BCUT2D eigenvalue weighted by Gasteiger charge is 2.18. The van der Waals surface area contributed by atoms with E-state index in [1.54, 1.807) is 19.3 Å². The van der Waals surface area contributed by atoms with Gasteiger partial charge in [-0.2, -0.15) is 0 Å². The van der Waals surface area contributed by atoms with E-state index in [0.717, 1.165) is 10.0 Å². The van der Waals surface area contributed by atoms with Gasteiger partial charge in [0.15, 0.2) is 6.10 Å². The summed E-state index contributed by atoms with van der Waals surface area (Å²) in [5, 5.41) is 2.92. The number of rotatable bonds is 5. The summed E-state index contributed by atoms with van der Waals surface area (Å²) in [6.07, 6.45) is 2.86. The van der Waals surface area contributed by atoms with Crippen molar-refractivity contribution in [1.29, 1.82) is 0 Å². The lowest BCUT2D eigenvalue weighted by Crippen LogP contribution is -2.37. The van der Waals surface area contributed by atoms with Gasteiger partial charge in [-0.1, -0.05) is 18.2 Å². The molecule has 0 radical (unpaired) electrons. The zero-order valence-corrected chi connectivity index (χ0v) is 13.5. The van der Waals surface area contributed by atoms with Crippen molar-refractivity contribution >= 4 is 21.8 Å². The number of carbonyl (C=O) groups excluding carboxylic acids is 1. The summed E-state index contributed by atoms with van der Waals surface area (Å²) < 4.78 is 6.49. The molecule has 0 aliphatic heterocycles. The van der Waals surface area contributed by atoms with E-state index in [9.17, 15) is 4.79 Å². The number of hydrogen-bond donors (Lipinski definition) is 1. The zero-order valence-electron chi connectivity index (χ0n) is 11.9. The third kappa shape index (κ3) is 4.29. The van der Waals surface area contributed by atoms with Crippen molar-refractivity contribution in [3.05, 3.63) is 58.8 Å². The Morgan fingerprint density at radius 2 is 2.00 bits per heavy atom. The highest BCUT2D eigenvalue weighted by Crippen LogP contribution is 2.25. The molecule has 0 bridgehead atoms. The van der Waals surface area contributed by atoms with E-state index >= 15 is 0 Å². The summed E-state index contributed by atoms with van der Waals surface area (Å²) in [6, 6.07) is 11.1. The minimum Gasteiger partial charge on any atom is -0.480 e. The van der Waals surface area contributed by atoms with Crippen LogP contribution in [-0.2, 0) is 4.79 Å². The maximum absolute atomic E-state index is 12.2. The second-order valence-electron chi connectivity index (χ2n) is 4.71. The predicted octanol–water partition coefficient (Wildman–Crippen LogP) is 3.49. The Kier molecular flexibility index (Phi) is 5.33. The first-order valence-corrected chi connectivity index (χ1v) is 7.48. The number of hydrogen-bond acceptors (Lipinski definition) is 3. The van der Waals surface area contributed by atoms with Crippen LogP contribution < -0.4 is 10.1 Å². The minimum atomic E-state index is -0.581. The Balaban J connectivity index is 1.95. The summed E-state index contributed by atoms with van der Waals surface area (Å²) in [6.45, 7) is 3.64. The second-order valence-corrected chi connectivity index (χ2v) is 5.56. The molecule has 1 aromatic carbocycles. The van der Waals surface area contributed by atoms with Crippen molar-refractivity contribution in [2.75, 3.05) is 0 Å². The molecule has 1 N–H and O–H groups in total. The number of amides is 1. The lowest BCUT2D eigenvalue weighted by atomic mass is 10.1. The van der Waals surface area contributed by atoms with Crippen LogP contribution in [0.5, 0.6) is 5.75 Å². The molecular formula is C16H17BrN2O2. The van der Waals surface area contributed by atoms with Gasteiger partial charge in [-0.3, -0.25) is 9.78 Å². The molecule has 0 saturated carbocycles. The molecule has 4 nitrogen and oxygen atoms in total. The van der Waals surface area contributed by atoms with Gasteiger partial charge in [0.2, 0.25) is 0 Å². The summed E-state index contributed by atoms with van der Waals surface area (Å²) in [4.78, 5) is 16.2. The topological polar surface area (TPSA) is 51.2 Å². The number of para-hydroxylation sites is 1. The smallest absolute Gasteiger partial charge is 0.261 e. The van der Waals surface area contributed by atoms with Gasteiger partial charge in [-0.05, 0) is 53.5 Å². The van der Waals surface area contributed by atoms with Crippen molar-refractivity contribution in [2.45, 2.75) is 26.0 Å². The van der Waals surface area contributed by atoms with E-state index < -0.39 is 6.10 Å². The third-order valence-corrected chi connectivity index (χ3v) is 3.71. The molecule has 1 amide bonds. The minimum absolute atomic E-state index is 0.114. The molecule has 0 aliphatic rings. The third-order valence-electron chi connectivity index (χ3n) is 3.05. The lowest BCUT2D eigenvalue weighted by Gasteiger charge is -2.19. The number of halogens is 1. The zero-order chi connectivity index (χ0) is 15.2. The van der Waals surface area contributed by atoms with Gasteiger partial charge in [-0.25, -0.2) is 0 Å². The maximum atomic E-state index is 12.2. The first-order valence-electron chi connectivity index (χ1n) is 6.69. The number of nitrogens with zero attached hydrogens (tertiary/aromatic N) is 1. The molecular weight excluding hydrogens is 332 g/mol. The Morgan fingerprint density at radius 1 is 1.24 bits per heavy atom. The number of carbonyl (C=O) groups is 1. The van der Waals surface area contributed by atoms with Gasteiger partial charge in [0.05, 0.1) is 10.5 Å². The van der Waals surface area contributed by atoms with Gasteiger partial charge in [0.25, 0.3) is 5.91 Å². The van der Waals surface area contributed by atoms with E-state index in [1.807, 2.05) is 43.3 Å². The highest BCUT2D eigenvalue weighted by atomic mass is 79.9. The van der Waals surface area contributed by atoms with Crippen LogP contribution in [0, 0.1) is 0 Å². The molecule has 2 atom stereocenters. The average Bonchev–Trinajstić information content (AvgIpc) is 2.50. The average molecular weight is 349 g/mol. The molecule has 0 spiro atoms. The fraction of sp³-hybridized carbons (Fsp3) is 0.250. The number of benzene rings is 1. The Bertz CT molecular complexity index is 604. The molecule has 2 rings (SSSR count). The quantitative estimate of drug-likeness (QED) is 0.899. The number of pyridine rings is 1. The first-order chi connectivity index (χ1) is 10.1. The van der Waals surface area contributed by atoms with E-state index in [0.29, 0.717) is 5.75 Å². The molecule has 1 heterocycles. The van der Waals surface area contributed by atoms with Crippen molar-refractivity contribution in [3.63, 3.8) is 0 Å². The van der Waals surface area contributed by atoms with Crippen molar-refractivity contribution in [1.82, 2.24) is 10.3 Å². The van der Waals surface area contributed by atoms with Crippen LogP contribution in [0.25, 0.3) is 0 Å². The number of ether oxygens (including phenoxy) is 1. The van der Waals surface area contributed by atoms with E-state index in [-0.39, 0.29) is 11.9 Å².